The van der Waals surface area contributed by atoms with Crippen LogP contribution in [0.15, 0.2) is 48.5 Å². The molecule has 1 N–H and O–H groups in total. The molecule has 4 rings (SSSR count). The van der Waals surface area contributed by atoms with E-state index >= 15 is 0 Å². The van der Waals surface area contributed by atoms with Crippen LogP contribution in [0.1, 0.15) is 18.9 Å². The minimum atomic E-state index is -0.303. The van der Waals surface area contributed by atoms with Crippen LogP contribution in [0.25, 0.3) is 30.9 Å². The standard InChI is InChI=1S/C19H17BO2S/c1-2-5-12-8-9-15-17(10-12)23-19-16(22-20-21)11-13-6-3-4-7-14(13)18(15)19/h3-4,6-11,20-21H,2,5H2,1H3. The SMILES string of the molecule is CCCc1ccc2c(c1)sc1c(OBO)cc3ccccc3c12. The molecule has 0 atom stereocenters. The molecule has 4 aromatic rings. The smallest absolute Gasteiger partial charge is 0.504 e. The van der Waals surface area contributed by atoms with Crippen LogP contribution in [0.5, 0.6) is 5.75 Å². The second-order valence-corrected chi connectivity index (χ2v) is 6.81. The van der Waals surface area contributed by atoms with Gasteiger partial charge in [-0.2, -0.15) is 0 Å². The number of aryl methyl sites for hydroxylation is 1. The summed E-state index contributed by atoms with van der Waals surface area (Å²) in [6.07, 6.45) is 2.25. The lowest BCUT2D eigenvalue weighted by molar-refractivity contribution is 0.457. The molecule has 0 aliphatic rings. The Hall–Kier alpha value is -2.04. The Balaban J connectivity index is 2.11. The van der Waals surface area contributed by atoms with E-state index in [0.29, 0.717) is 0 Å². The summed E-state index contributed by atoms with van der Waals surface area (Å²) in [7, 11) is -0.303. The van der Waals surface area contributed by atoms with E-state index in [9.17, 15) is 5.02 Å². The minimum absolute atomic E-state index is 0.303. The van der Waals surface area contributed by atoms with Crippen LogP contribution in [0.2, 0.25) is 0 Å². The predicted octanol–water partition coefficient (Wildman–Crippen LogP) is 4.80. The van der Waals surface area contributed by atoms with E-state index in [4.69, 9.17) is 4.65 Å². The highest BCUT2D eigenvalue weighted by Gasteiger charge is 2.14. The third-order valence-corrected chi connectivity index (χ3v) is 5.42. The van der Waals surface area contributed by atoms with Gasteiger partial charge in [-0.25, -0.2) is 0 Å². The Bertz CT molecular complexity index is 1010. The molecule has 2 nitrogen and oxygen atoms in total. The lowest BCUT2D eigenvalue weighted by Crippen LogP contribution is -1.99. The van der Waals surface area contributed by atoms with Crippen molar-refractivity contribution in [2.75, 3.05) is 0 Å². The molecule has 1 heterocycles. The zero-order valence-corrected chi connectivity index (χ0v) is 13.8. The van der Waals surface area contributed by atoms with Gasteiger partial charge in [-0.05, 0) is 34.9 Å². The zero-order valence-electron chi connectivity index (χ0n) is 13.0. The van der Waals surface area contributed by atoms with Crippen molar-refractivity contribution in [1.29, 1.82) is 0 Å². The maximum Gasteiger partial charge on any atom is 0.504 e. The lowest BCUT2D eigenvalue weighted by atomic mass is 10.0. The summed E-state index contributed by atoms with van der Waals surface area (Å²) in [5.41, 5.74) is 1.38. The van der Waals surface area contributed by atoms with Gasteiger partial charge >= 0.3 is 7.69 Å². The van der Waals surface area contributed by atoms with Gasteiger partial charge in [0.15, 0.2) is 0 Å². The first-order chi connectivity index (χ1) is 11.3. The second kappa shape index (κ2) is 5.87. The van der Waals surface area contributed by atoms with Crippen LogP contribution in [-0.2, 0) is 6.42 Å². The van der Waals surface area contributed by atoms with Crippen LogP contribution < -0.4 is 4.65 Å². The van der Waals surface area contributed by atoms with Crippen molar-refractivity contribution in [2.24, 2.45) is 0 Å². The minimum Gasteiger partial charge on any atom is -0.538 e. The number of hydrogen-bond donors (Lipinski definition) is 1. The van der Waals surface area contributed by atoms with Gasteiger partial charge in [-0.3, -0.25) is 0 Å². The molecule has 1 aromatic heterocycles. The highest BCUT2D eigenvalue weighted by atomic mass is 32.1. The summed E-state index contributed by atoms with van der Waals surface area (Å²) in [6, 6.07) is 17.1. The van der Waals surface area contributed by atoms with E-state index in [2.05, 4.69) is 43.3 Å². The lowest BCUT2D eigenvalue weighted by Gasteiger charge is -2.07. The molecule has 114 valence electrons. The van der Waals surface area contributed by atoms with E-state index in [-0.39, 0.29) is 7.69 Å². The van der Waals surface area contributed by atoms with Gasteiger partial charge in [0, 0.05) is 15.5 Å². The molecule has 0 saturated carbocycles. The Labute approximate surface area is 139 Å². The largest absolute Gasteiger partial charge is 0.538 e. The van der Waals surface area contributed by atoms with Crippen molar-refractivity contribution in [2.45, 2.75) is 19.8 Å². The molecule has 23 heavy (non-hydrogen) atoms. The number of benzene rings is 3. The Kier molecular flexibility index (Phi) is 3.72. The van der Waals surface area contributed by atoms with Crippen LogP contribution in [0.4, 0.5) is 0 Å². The van der Waals surface area contributed by atoms with Gasteiger partial charge < -0.3 is 9.68 Å². The molecule has 0 amide bonds. The summed E-state index contributed by atoms with van der Waals surface area (Å²) in [5.74, 6) is 0.763. The monoisotopic (exact) mass is 320 g/mol. The fourth-order valence-corrected chi connectivity index (χ4v) is 4.51. The van der Waals surface area contributed by atoms with E-state index < -0.39 is 0 Å². The number of hydrogen-bond acceptors (Lipinski definition) is 3. The second-order valence-electron chi connectivity index (χ2n) is 5.76. The number of thiophene rings is 1. The zero-order chi connectivity index (χ0) is 15.8. The molecule has 0 saturated heterocycles. The summed E-state index contributed by atoms with van der Waals surface area (Å²) in [5, 5.41) is 14.1. The first-order valence-corrected chi connectivity index (χ1v) is 8.74. The molecule has 0 fully saturated rings. The Morgan fingerprint density at radius 2 is 1.96 bits per heavy atom. The third-order valence-electron chi connectivity index (χ3n) is 4.25. The van der Waals surface area contributed by atoms with E-state index in [1.165, 1.54) is 26.4 Å². The fourth-order valence-electron chi connectivity index (χ4n) is 3.26. The summed E-state index contributed by atoms with van der Waals surface area (Å²) < 4.78 is 7.90. The number of fused-ring (bicyclic) bond motifs is 5. The normalized spacial score (nSPS) is 11.4. The molecule has 0 aliphatic heterocycles. The van der Waals surface area contributed by atoms with Crippen LogP contribution in [-0.4, -0.2) is 12.7 Å². The first-order valence-electron chi connectivity index (χ1n) is 7.92. The summed E-state index contributed by atoms with van der Waals surface area (Å²) >= 11 is 1.75. The van der Waals surface area contributed by atoms with Crippen LogP contribution >= 0.6 is 11.3 Å². The van der Waals surface area contributed by atoms with Crippen LogP contribution in [0, 0.1) is 0 Å². The average molecular weight is 320 g/mol. The maximum atomic E-state index is 9.22. The fraction of sp³-hybridized carbons (Fsp3) is 0.158. The van der Waals surface area contributed by atoms with Crippen LogP contribution in [0.3, 0.4) is 0 Å². The average Bonchev–Trinajstić information content (AvgIpc) is 2.95. The quantitative estimate of drug-likeness (QED) is 0.547. The molecule has 4 heteroatoms. The summed E-state index contributed by atoms with van der Waals surface area (Å²) in [6.45, 7) is 2.20. The van der Waals surface area contributed by atoms with Gasteiger partial charge in [0.25, 0.3) is 0 Å². The maximum absolute atomic E-state index is 9.22. The van der Waals surface area contributed by atoms with Crippen molar-refractivity contribution < 1.29 is 9.68 Å². The molecular formula is C19H17BO2S. The van der Waals surface area contributed by atoms with Gasteiger partial charge in [0.2, 0.25) is 0 Å². The van der Waals surface area contributed by atoms with Crippen molar-refractivity contribution in [1.82, 2.24) is 0 Å². The Morgan fingerprint density at radius 1 is 1.09 bits per heavy atom. The molecule has 0 spiro atoms. The van der Waals surface area contributed by atoms with Gasteiger partial charge in [-0.15, -0.1) is 11.3 Å². The Morgan fingerprint density at radius 3 is 2.78 bits per heavy atom. The topological polar surface area (TPSA) is 29.5 Å². The van der Waals surface area contributed by atoms with Gasteiger partial charge in [-0.1, -0.05) is 49.7 Å². The highest BCUT2D eigenvalue weighted by molar-refractivity contribution is 7.26. The summed E-state index contributed by atoms with van der Waals surface area (Å²) in [4.78, 5) is 0. The molecule has 0 unspecified atom stereocenters. The van der Waals surface area contributed by atoms with Gasteiger partial charge in [0.1, 0.15) is 5.75 Å². The van der Waals surface area contributed by atoms with Crippen molar-refractivity contribution in [3.8, 4) is 5.75 Å². The third kappa shape index (κ3) is 2.39. The molecule has 0 aliphatic carbocycles. The van der Waals surface area contributed by atoms with Crippen molar-refractivity contribution in [3.05, 3.63) is 54.1 Å². The van der Waals surface area contributed by atoms with Crippen molar-refractivity contribution >= 4 is 50.0 Å². The number of rotatable bonds is 4. The molecular weight excluding hydrogens is 303 g/mol. The van der Waals surface area contributed by atoms with E-state index in [0.717, 1.165) is 28.7 Å². The first kappa shape index (κ1) is 14.6. The molecule has 3 aromatic carbocycles. The van der Waals surface area contributed by atoms with Crippen molar-refractivity contribution in [3.63, 3.8) is 0 Å². The van der Waals surface area contributed by atoms with Gasteiger partial charge in [0.05, 0.1) is 4.70 Å². The molecule has 0 radical (unpaired) electrons. The van der Waals surface area contributed by atoms with E-state index in [1.54, 1.807) is 11.3 Å². The highest BCUT2D eigenvalue weighted by Crippen LogP contribution is 2.43. The van der Waals surface area contributed by atoms with E-state index in [1.807, 2.05) is 12.1 Å². The molecule has 0 bridgehead atoms. The predicted molar refractivity (Wildman–Crippen MR) is 101 cm³/mol.